The van der Waals surface area contributed by atoms with Crippen molar-refractivity contribution in [1.29, 1.82) is 0 Å². The molecule has 4 aliphatic heterocycles. The van der Waals surface area contributed by atoms with E-state index in [0.717, 1.165) is 39.1 Å². The molecule has 0 radical (unpaired) electrons. The number of morpholine rings is 1. The number of rotatable bonds is 2. The second-order valence-corrected chi connectivity index (χ2v) is 7.15. The fraction of sp³-hybridized carbons (Fsp3) is 0.706. The lowest BCUT2D eigenvalue weighted by Gasteiger charge is -2.36. The highest BCUT2D eigenvalue weighted by Crippen LogP contribution is 2.28. The normalized spacial score (nSPS) is 28.0. The van der Waals surface area contributed by atoms with Crippen LogP contribution in [0.4, 0.5) is 5.95 Å². The van der Waals surface area contributed by atoms with Crippen LogP contribution in [0.25, 0.3) is 0 Å². The van der Waals surface area contributed by atoms with E-state index in [1.165, 1.54) is 6.42 Å². The first-order chi connectivity index (χ1) is 11.7. The van der Waals surface area contributed by atoms with E-state index in [-0.39, 0.29) is 5.91 Å². The van der Waals surface area contributed by atoms with Crippen molar-refractivity contribution in [3.63, 3.8) is 0 Å². The van der Waals surface area contributed by atoms with E-state index in [1.54, 1.807) is 12.4 Å². The Morgan fingerprint density at radius 2 is 1.88 bits per heavy atom. The third-order valence-electron chi connectivity index (χ3n) is 5.34. The maximum absolute atomic E-state index is 12.9. The van der Waals surface area contributed by atoms with Crippen LogP contribution in [0, 0.1) is 5.92 Å². The molecule has 0 N–H and O–H groups in total. The summed E-state index contributed by atoms with van der Waals surface area (Å²) >= 11 is 0. The van der Waals surface area contributed by atoms with Gasteiger partial charge in [-0.25, -0.2) is 9.97 Å². The Balaban J connectivity index is 1.48. The summed E-state index contributed by atoms with van der Waals surface area (Å²) in [6.07, 6.45) is 5.70. The molecule has 1 amide bonds. The Kier molecular flexibility index (Phi) is 4.37. The summed E-state index contributed by atoms with van der Waals surface area (Å²) in [5, 5.41) is 0. The molecule has 1 aromatic rings. The molecule has 5 rings (SSSR count). The first kappa shape index (κ1) is 15.8. The smallest absolute Gasteiger partial charge is 0.257 e. The van der Waals surface area contributed by atoms with E-state index >= 15 is 0 Å². The van der Waals surface area contributed by atoms with E-state index in [2.05, 4.69) is 26.8 Å². The molecule has 0 unspecified atom stereocenters. The zero-order valence-corrected chi connectivity index (χ0v) is 14.2. The van der Waals surface area contributed by atoms with Crippen molar-refractivity contribution in [3.05, 3.63) is 18.0 Å². The lowest BCUT2D eigenvalue weighted by Crippen LogP contribution is -2.47. The Hall–Kier alpha value is -1.73. The van der Waals surface area contributed by atoms with E-state index in [0.29, 0.717) is 36.7 Å². The minimum atomic E-state index is 0.0773. The molecular weight excluding hydrogens is 306 g/mol. The molecule has 7 nitrogen and oxygen atoms in total. The van der Waals surface area contributed by atoms with Gasteiger partial charge in [-0.05, 0) is 25.8 Å². The first-order valence-electron chi connectivity index (χ1n) is 8.85. The zero-order chi connectivity index (χ0) is 16.5. The number of nitrogens with zero attached hydrogens (tertiary/aromatic N) is 5. The van der Waals surface area contributed by atoms with Crippen LogP contribution in [-0.2, 0) is 4.74 Å². The topological polar surface area (TPSA) is 61.8 Å². The summed E-state index contributed by atoms with van der Waals surface area (Å²) in [7, 11) is 2.15. The van der Waals surface area contributed by atoms with Gasteiger partial charge in [0.15, 0.2) is 0 Å². The molecule has 24 heavy (non-hydrogen) atoms. The summed E-state index contributed by atoms with van der Waals surface area (Å²) in [5.41, 5.74) is 0.599. The minimum Gasteiger partial charge on any atom is -0.378 e. The van der Waals surface area contributed by atoms with E-state index in [4.69, 9.17) is 4.74 Å². The number of hydrogen-bond donors (Lipinski definition) is 0. The number of anilines is 1. The third-order valence-corrected chi connectivity index (χ3v) is 5.34. The quantitative estimate of drug-likeness (QED) is 0.785. The third kappa shape index (κ3) is 3.10. The van der Waals surface area contributed by atoms with Crippen molar-refractivity contribution in [2.45, 2.75) is 18.9 Å². The standard InChI is InChI=1S/C17H25N5O2/c1-20-10-13-2-3-15(12-20)22(11-13)16(23)14-8-18-17(19-9-14)21-4-6-24-7-5-21/h8-9,13,15H,2-7,10-12H2,1H3/t13-,15+/m1/s1. The number of ether oxygens (including phenoxy) is 1. The highest BCUT2D eigenvalue weighted by molar-refractivity contribution is 5.94. The van der Waals surface area contributed by atoms with Crippen LogP contribution in [0.2, 0.25) is 0 Å². The Morgan fingerprint density at radius 1 is 1.12 bits per heavy atom. The summed E-state index contributed by atoms with van der Waals surface area (Å²) in [6, 6.07) is 0.320. The molecule has 4 fully saturated rings. The van der Waals surface area contributed by atoms with Crippen molar-refractivity contribution in [3.8, 4) is 0 Å². The highest BCUT2D eigenvalue weighted by atomic mass is 16.5. The van der Waals surface area contributed by atoms with Crippen LogP contribution in [0.3, 0.4) is 0 Å². The van der Waals surface area contributed by atoms with Gasteiger partial charge in [0.1, 0.15) is 0 Å². The number of fused-ring (bicyclic) bond motifs is 4. The summed E-state index contributed by atoms with van der Waals surface area (Å²) in [5.74, 6) is 1.35. The Bertz CT molecular complexity index is 587. The largest absolute Gasteiger partial charge is 0.378 e. The Labute approximate surface area is 142 Å². The molecule has 4 saturated heterocycles. The monoisotopic (exact) mass is 331 g/mol. The molecule has 2 bridgehead atoms. The molecule has 130 valence electrons. The second kappa shape index (κ2) is 6.64. The molecule has 0 spiro atoms. The van der Waals surface area contributed by atoms with Crippen molar-refractivity contribution < 1.29 is 9.53 Å². The molecule has 4 aliphatic rings. The minimum absolute atomic E-state index is 0.0773. The zero-order valence-electron chi connectivity index (χ0n) is 14.2. The van der Waals surface area contributed by atoms with Gasteiger partial charge in [-0.2, -0.15) is 0 Å². The van der Waals surface area contributed by atoms with Crippen LogP contribution < -0.4 is 4.90 Å². The first-order valence-corrected chi connectivity index (χ1v) is 8.85. The van der Waals surface area contributed by atoms with Gasteiger partial charge in [0.2, 0.25) is 5.95 Å². The van der Waals surface area contributed by atoms with Crippen LogP contribution in [0.15, 0.2) is 12.4 Å². The highest BCUT2D eigenvalue weighted by Gasteiger charge is 2.36. The number of piperidine rings is 1. The van der Waals surface area contributed by atoms with Gasteiger partial charge in [0.25, 0.3) is 5.91 Å². The maximum Gasteiger partial charge on any atom is 0.257 e. The predicted molar refractivity (Wildman–Crippen MR) is 90.1 cm³/mol. The van der Waals surface area contributed by atoms with Crippen LogP contribution in [0.1, 0.15) is 23.2 Å². The van der Waals surface area contributed by atoms with Crippen LogP contribution in [-0.4, -0.2) is 84.7 Å². The van der Waals surface area contributed by atoms with Gasteiger partial charge in [-0.1, -0.05) is 0 Å². The number of hydrogen-bond acceptors (Lipinski definition) is 6. The second-order valence-electron chi connectivity index (χ2n) is 7.15. The average Bonchev–Trinajstić information content (AvgIpc) is 2.91. The van der Waals surface area contributed by atoms with Gasteiger partial charge in [0.05, 0.1) is 18.8 Å². The molecular formula is C17H25N5O2. The molecule has 2 atom stereocenters. The lowest BCUT2D eigenvalue weighted by atomic mass is 9.94. The number of likely N-dealkylation sites (N-methyl/N-ethyl adjacent to an activating group) is 1. The average molecular weight is 331 g/mol. The van der Waals surface area contributed by atoms with Gasteiger partial charge in [-0.15, -0.1) is 0 Å². The number of aromatic nitrogens is 2. The fourth-order valence-corrected chi connectivity index (χ4v) is 4.09. The molecule has 0 aromatic carbocycles. The van der Waals surface area contributed by atoms with Crippen molar-refractivity contribution >= 4 is 11.9 Å². The van der Waals surface area contributed by atoms with Crippen LogP contribution >= 0.6 is 0 Å². The van der Waals surface area contributed by atoms with Gasteiger partial charge in [0, 0.05) is 51.2 Å². The SMILES string of the molecule is CN1C[C@H]2CC[C@@H](C1)N(C(=O)c1cnc(N3CCOCC3)nc1)C2. The fourth-order valence-electron chi connectivity index (χ4n) is 4.09. The van der Waals surface area contributed by atoms with E-state index < -0.39 is 0 Å². The Morgan fingerprint density at radius 3 is 2.62 bits per heavy atom. The molecule has 0 saturated carbocycles. The lowest BCUT2D eigenvalue weighted by molar-refractivity contribution is 0.0586. The summed E-state index contributed by atoms with van der Waals surface area (Å²) in [6.45, 7) is 5.93. The molecule has 1 aromatic heterocycles. The van der Waals surface area contributed by atoms with Gasteiger partial charge in [-0.3, -0.25) is 4.79 Å². The predicted octanol–water partition coefficient (Wildman–Crippen LogP) is 0.479. The summed E-state index contributed by atoms with van der Waals surface area (Å²) < 4.78 is 5.35. The molecule has 0 aliphatic carbocycles. The van der Waals surface area contributed by atoms with Crippen LogP contribution in [0.5, 0.6) is 0 Å². The van der Waals surface area contributed by atoms with Crippen molar-refractivity contribution in [2.24, 2.45) is 5.92 Å². The molecule has 7 heteroatoms. The number of amides is 1. The number of carbonyl (C=O) groups excluding carboxylic acids is 1. The summed E-state index contributed by atoms with van der Waals surface area (Å²) in [4.78, 5) is 28.3. The van der Waals surface area contributed by atoms with E-state index in [1.807, 2.05) is 4.90 Å². The maximum atomic E-state index is 12.9. The molecule has 5 heterocycles. The van der Waals surface area contributed by atoms with Gasteiger partial charge >= 0.3 is 0 Å². The van der Waals surface area contributed by atoms with Crippen molar-refractivity contribution in [1.82, 2.24) is 19.8 Å². The number of carbonyl (C=O) groups is 1. The van der Waals surface area contributed by atoms with Gasteiger partial charge < -0.3 is 19.4 Å². The van der Waals surface area contributed by atoms with Crippen molar-refractivity contribution in [2.75, 3.05) is 57.9 Å². The van der Waals surface area contributed by atoms with E-state index in [9.17, 15) is 4.79 Å².